The fourth-order valence-corrected chi connectivity index (χ4v) is 3.08. The van der Waals surface area contributed by atoms with E-state index in [4.69, 9.17) is 21.1 Å². The third-order valence-electron chi connectivity index (χ3n) is 3.40. The summed E-state index contributed by atoms with van der Waals surface area (Å²) >= 11 is 9.48. The van der Waals surface area contributed by atoms with E-state index in [0.717, 1.165) is 39.6 Å². The highest BCUT2D eigenvalue weighted by atomic mass is 79.9. The van der Waals surface area contributed by atoms with Crippen molar-refractivity contribution in [3.05, 3.63) is 51.5 Å². The summed E-state index contributed by atoms with van der Waals surface area (Å²) in [7, 11) is 1.66. The largest absolute Gasteiger partial charge is 0.497 e. The van der Waals surface area contributed by atoms with Crippen molar-refractivity contribution in [1.29, 1.82) is 0 Å². The molecule has 21 heavy (non-hydrogen) atoms. The number of hydrogen-bond acceptors (Lipinski definition) is 3. The van der Waals surface area contributed by atoms with Gasteiger partial charge in [-0.2, -0.15) is 0 Å². The maximum Gasteiger partial charge on any atom is 0.123 e. The molecule has 0 aliphatic carbocycles. The normalized spacial score (nSPS) is 16.2. The molecular weight excluding hydrogens is 354 g/mol. The minimum absolute atomic E-state index is 0.114. The second-order valence-electron chi connectivity index (χ2n) is 4.96. The molecule has 0 amide bonds. The fourth-order valence-electron chi connectivity index (χ4n) is 2.42. The third-order valence-corrected chi connectivity index (χ3v) is 4.10. The number of hydrogen-bond donors (Lipinski definition) is 1. The van der Waals surface area contributed by atoms with Crippen LogP contribution in [0.25, 0.3) is 0 Å². The topological polar surface area (TPSA) is 30.5 Å². The van der Waals surface area contributed by atoms with E-state index in [-0.39, 0.29) is 6.10 Å². The quantitative estimate of drug-likeness (QED) is 0.860. The number of ether oxygens (including phenoxy) is 2. The summed E-state index contributed by atoms with van der Waals surface area (Å²) in [6.07, 6.45) is 0.983. The van der Waals surface area contributed by atoms with Gasteiger partial charge in [-0.15, -0.1) is 0 Å². The Kier molecular flexibility index (Phi) is 4.27. The molecule has 1 heterocycles. The van der Waals surface area contributed by atoms with Crippen molar-refractivity contribution in [2.75, 3.05) is 19.0 Å². The summed E-state index contributed by atoms with van der Waals surface area (Å²) < 4.78 is 12.1. The number of fused-ring (bicyclic) bond motifs is 1. The minimum Gasteiger partial charge on any atom is -0.497 e. The zero-order valence-corrected chi connectivity index (χ0v) is 13.9. The van der Waals surface area contributed by atoms with Crippen LogP contribution in [0.4, 0.5) is 5.69 Å². The van der Waals surface area contributed by atoms with Crippen LogP contribution in [0.15, 0.2) is 40.9 Å². The highest BCUT2D eigenvalue weighted by Crippen LogP contribution is 2.31. The molecule has 5 heteroatoms. The van der Waals surface area contributed by atoms with Gasteiger partial charge in [0.2, 0.25) is 0 Å². The lowest BCUT2D eigenvalue weighted by Gasteiger charge is -2.14. The highest BCUT2D eigenvalue weighted by molar-refractivity contribution is 9.10. The summed E-state index contributed by atoms with van der Waals surface area (Å²) in [4.78, 5) is 0. The molecule has 0 aromatic heterocycles. The van der Waals surface area contributed by atoms with Gasteiger partial charge < -0.3 is 14.8 Å². The molecule has 0 fully saturated rings. The molecule has 1 N–H and O–H groups in total. The summed E-state index contributed by atoms with van der Waals surface area (Å²) in [5, 5.41) is 4.14. The Morgan fingerprint density at radius 3 is 3.00 bits per heavy atom. The summed E-state index contributed by atoms with van der Waals surface area (Å²) in [6, 6.07) is 11.7. The van der Waals surface area contributed by atoms with Gasteiger partial charge in [-0.3, -0.25) is 0 Å². The molecule has 0 saturated heterocycles. The average Bonchev–Trinajstić information content (AvgIpc) is 2.86. The molecule has 2 aromatic rings. The molecule has 0 radical (unpaired) electrons. The van der Waals surface area contributed by atoms with Gasteiger partial charge >= 0.3 is 0 Å². The van der Waals surface area contributed by atoms with Gasteiger partial charge in [0, 0.05) is 27.7 Å². The number of nitrogens with one attached hydrogen (secondary N) is 1. The maximum absolute atomic E-state index is 6.00. The molecule has 0 spiro atoms. The van der Waals surface area contributed by atoms with Gasteiger partial charge in [0.1, 0.15) is 17.6 Å². The van der Waals surface area contributed by atoms with E-state index in [1.165, 1.54) is 5.56 Å². The predicted octanol–water partition coefficient (Wildman–Crippen LogP) is 4.53. The van der Waals surface area contributed by atoms with Gasteiger partial charge in [0.25, 0.3) is 0 Å². The van der Waals surface area contributed by atoms with Crippen LogP contribution in [0, 0.1) is 0 Å². The molecule has 3 rings (SSSR count). The predicted molar refractivity (Wildman–Crippen MR) is 88.8 cm³/mol. The monoisotopic (exact) mass is 367 g/mol. The van der Waals surface area contributed by atoms with Crippen LogP contribution in [0.1, 0.15) is 5.56 Å². The van der Waals surface area contributed by atoms with E-state index in [1.807, 2.05) is 36.4 Å². The van der Waals surface area contributed by atoms with Gasteiger partial charge in [-0.05, 0) is 35.9 Å². The zero-order valence-electron chi connectivity index (χ0n) is 11.5. The first kappa shape index (κ1) is 14.5. The maximum atomic E-state index is 6.00. The van der Waals surface area contributed by atoms with Gasteiger partial charge in [0.15, 0.2) is 0 Å². The molecule has 1 atom stereocenters. The standard InChI is InChI=1S/C16H15BrClNO2/c1-20-14-7-11(17)6-13(8-14)19-9-15-5-10-4-12(18)2-3-16(10)21-15/h2-4,6-8,15,19H,5,9H2,1H3. The Labute approximate surface area is 137 Å². The summed E-state index contributed by atoms with van der Waals surface area (Å²) in [6.45, 7) is 0.728. The van der Waals surface area contributed by atoms with Crippen LogP contribution in [-0.4, -0.2) is 19.8 Å². The second-order valence-corrected chi connectivity index (χ2v) is 6.31. The van der Waals surface area contributed by atoms with Crippen LogP contribution < -0.4 is 14.8 Å². The van der Waals surface area contributed by atoms with Crippen molar-refractivity contribution in [3.8, 4) is 11.5 Å². The van der Waals surface area contributed by atoms with Gasteiger partial charge in [-0.25, -0.2) is 0 Å². The molecule has 1 aliphatic rings. The van der Waals surface area contributed by atoms with Crippen molar-refractivity contribution in [2.24, 2.45) is 0 Å². The Hall–Kier alpha value is -1.39. The molecule has 1 aliphatic heterocycles. The minimum atomic E-state index is 0.114. The van der Waals surface area contributed by atoms with E-state index < -0.39 is 0 Å². The molecule has 1 unspecified atom stereocenters. The molecule has 3 nitrogen and oxygen atoms in total. The van der Waals surface area contributed by atoms with Crippen molar-refractivity contribution in [1.82, 2.24) is 0 Å². The Morgan fingerprint density at radius 2 is 2.19 bits per heavy atom. The van der Waals surface area contributed by atoms with Crippen LogP contribution in [0.3, 0.4) is 0 Å². The average molecular weight is 369 g/mol. The van der Waals surface area contributed by atoms with E-state index in [1.54, 1.807) is 7.11 Å². The van der Waals surface area contributed by atoms with Crippen LogP contribution in [-0.2, 0) is 6.42 Å². The lowest BCUT2D eigenvalue weighted by molar-refractivity contribution is 0.246. The smallest absolute Gasteiger partial charge is 0.123 e. The number of rotatable bonds is 4. The molecular formula is C16H15BrClNO2. The first-order valence-corrected chi connectivity index (χ1v) is 7.84. The van der Waals surface area contributed by atoms with Crippen molar-refractivity contribution in [3.63, 3.8) is 0 Å². The van der Waals surface area contributed by atoms with E-state index in [0.29, 0.717) is 0 Å². The Morgan fingerprint density at radius 1 is 1.33 bits per heavy atom. The molecule has 0 bridgehead atoms. The van der Waals surface area contributed by atoms with Crippen molar-refractivity contribution >= 4 is 33.2 Å². The van der Waals surface area contributed by atoms with Crippen LogP contribution in [0.5, 0.6) is 11.5 Å². The molecule has 0 saturated carbocycles. The van der Waals surface area contributed by atoms with Crippen molar-refractivity contribution in [2.45, 2.75) is 12.5 Å². The number of halogens is 2. The summed E-state index contributed by atoms with van der Waals surface area (Å²) in [5.41, 5.74) is 2.17. The lowest BCUT2D eigenvalue weighted by atomic mass is 10.1. The first-order chi connectivity index (χ1) is 10.1. The lowest BCUT2D eigenvalue weighted by Crippen LogP contribution is -2.23. The number of benzene rings is 2. The zero-order chi connectivity index (χ0) is 14.8. The second kappa shape index (κ2) is 6.16. The number of methoxy groups -OCH3 is 1. The van der Waals surface area contributed by atoms with E-state index in [9.17, 15) is 0 Å². The van der Waals surface area contributed by atoms with Crippen LogP contribution >= 0.6 is 27.5 Å². The highest BCUT2D eigenvalue weighted by Gasteiger charge is 2.22. The van der Waals surface area contributed by atoms with Crippen LogP contribution in [0.2, 0.25) is 5.02 Å². The molecule has 110 valence electrons. The van der Waals surface area contributed by atoms with Gasteiger partial charge in [0.05, 0.1) is 13.7 Å². The van der Waals surface area contributed by atoms with E-state index >= 15 is 0 Å². The Bertz CT molecular complexity index is 663. The van der Waals surface area contributed by atoms with Gasteiger partial charge in [-0.1, -0.05) is 27.5 Å². The first-order valence-electron chi connectivity index (χ1n) is 6.67. The molecule has 2 aromatic carbocycles. The Balaban J connectivity index is 1.63. The van der Waals surface area contributed by atoms with E-state index in [2.05, 4.69) is 21.2 Å². The third kappa shape index (κ3) is 3.44. The number of anilines is 1. The fraction of sp³-hybridized carbons (Fsp3) is 0.250. The SMILES string of the molecule is COc1cc(Br)cc(NCC2Cc3cc(Cl)ccc3O2)c1. The summed E-state index contributed by atoms with van der Waals surface area (Å²) in [5.74, 6) is 1.74. The van der Waals surface area contributed by atoms with Crippen molar-refractivity contribution < 1.29 is 9.47 Å².